The molecular formula is C22H19N5O2. The number of hydrogen-bond acceptors (Lipinski definition) is 5. The molecule has 0 bridgehead atoms. The van der Waals surface area contributed by atoms with Crippen LogP contribution in [-0.4, -0.2) is 20.9 Å². The van der Waals surface area contributed by atoms with Crippen molar-refractivity contribution in [2.24, 2.45) is 0 Å². The number of anilines is 3. The van der Waals surface area contributed by atoms with Crippen molar-refractivity contribution in [2.75, 3.05) is 10.6 Å². The fourth-order valence-corrected chi connectivity index (χ4v) is 2.75. The van der Waals surface area contributed by atoms with Crippen LogP contribution >= 0.6 is 0 Å². The molecule has 0 saturated heterocycles. The molecule has 4 aromatic rings. The van der Waals surface area contributed by atoms with E-state index >= 15 is 0 Å². The monoisotopic (exact) mass is 385 g/mol. The van der Waals surface area contributed by atoms with Gasteiger partial charge in [0.05, 0.1) is 5.39 Å². The molecule has 2 heterocycles. The minimum atomic E-state index is -0.290. The number of ether oxygens (including phenoxy) is 1. The third kappa shape index (κ3) is 4.24. The smallest absolute Gasteiger partial charge is 0.247 e. The minimum absolute atomic E-state index is 0.290. The van der Waals surface area contributed by atoms with Crippen LogP contribution in [0.4, 0.5) is 17.3 Å². The van der Waals surface area contributed by atoms with Crippen molar-refractivity contribution in [1.29, 1.82) is 0 Å². The summed E-state index contributed by atoms with van der Waals surface area (Å²) in [4.78, 5) is 23.6. The number of aromatic amines is 1. The van der Waals surface area contributed by atoms with Gasteiger partial charge in [0.25, 0.3) is 0 Å². The van der Waals surface area contributed by atoms with Gasteiger partial charge < -0.3 is 20.4 Å². The molecule has 29 heavy (non-hydrogen) atoms. The maximum absolute atomic E-state index is 11.5. The molecule has 0 saturated carbocycles. The van der Waals surface area contributed by atoms with Gasteiger partial charge in [-0.25, -0.2) is 0 Å². The van der Waals surface area contributed by atoms with Gasteiger partial charge in [-0.3, -0.25) is 4.79 Å². The maximum atomic E-state index is 11.5. The topological polar surface area (TPSA) is 91.9 Å². The first kappa shape index (κ1) is 18.2. The Balaban J connectivity index is 1.64. The summed E-state index contributed by atoms with van der Waals surface area (Å²) in [6.45, 7) is 5.48. The van der Waals surface area contributed by atoms with E-state index in [1.54, 1.807) is 30.5 Å². The van der Waals surface area contributed by atoms with Crippen LogP contribution in [0.3, 0.4) is 0 Å². The van der Waals surface area contributed by atoms with Crippen molar-refractivity contribution in [3.8, 4) is 11.6 Å². The number of carbonyl (C=O) groups excluding carboxylic acids is 1. The van der Waals surface area contributed by atoms with E-state index in [-0.39, 0.29) is 5.91 Å². The highest BCUT2D eigenvalue weighted by Gasteiger charge is 2.12. The molecule has 2 aromatic carbocycles. The van der Waals surface area contributed by atoms with Crippen molar-refractivity contribution in [1.82, 2.24) is 15.0 Å². The van der Waals surface area contributed by atoms with Crippen LogP contribution in [0.1, 0.15) is 5.56 Å². The Kier molecular flexibility index (Phi) is 4.94. The van der Waals surface area contributed by atoms with E-state index in [0.29, 0.717) is 28.9 Å². The van der Waals surface area contributed by atoms with Crippen LogP contribution in [0.5, 0.6) is 11.6 Å². The van der Waals surface area contributed by atoms with Crippen LogP contribution < -0.4 is 15.4 Å². The second kappa shape index (κ2) is 7.85. The van der Waals surface area contributed by atoms with Crippen molar-refractivity contribution in [3.05, 3.63) is 79.0 Å². The predicted octanol–water partition coefficient (Wildman–Crippen LogP) is 4.93. The predicted molar refractivity (Wildman–Crippen MR) is 114 cm³/mol. The molecule has 0 aliphatic rings. The van der Waals surface area contributed by atoms with Gasteiger partial charge in [0.1, 0.15) is 11.4 Å². The SMILES string of the molecule is C=CC(=O)Nc1cccc(Oc2nc(Nc3ccc(C)cc3)nc3[nH]ccc23)c1. The Morgan fingerprint density at radius 1 is 1.10 bits per heavy atom. The molecule has 1 amide bonds. The largest absolute Gasteiger partial charge is 0.438 e. The fraction of sp³-hybridized carbons (Fsp3) is 0.0455. The third-order valence-corrected chi connectivity index (χ3v) is 4.19. The summed E-state index contributed by atoms with van der Waals surface area (Å²) in [6, 6.07) is 16.9. The molecule has 0 aliphatic heterocycles. The fourth-order valence-electron chi connectivity index (χ4n) is 2.75. The van der Waals surface area contributed by atoms with E-state index in [1.165, 1.54) is 11.6 Å². The van der Waals surface area contributed by atoms with Crippen LogP contribution in [0, 0.1) is 6.92 Å². The molecule has 3 N–H and O–H groups in total. The Morgan fingerprint density at radius 3 is 2.72 bits per heavy atom. The number of nitrogens with one attached hydrogen (secondary N) is 3. The number of nitrogens with zero attached hydrogens (tertiary/aromatic N) is 2. The first-order valence-corrected chi connectivity index (χ1v) is 9.01. The van der Waals surface area contributed by atoms with Gasteiger partial charge in [-0.15, -0.1) is 0 Å². The number of hydrogen-bond donors (Lipinski definition) is 3. The summed E-state index contributed by atoms with van der Waals surface area (Å²) in [6.07, 6.45) is 2.99. The van der Waals surface area contributed by atoms with Gasteiger partial charge in [0.15, 0.2) is 0 Å². The molecule has 144 valence electrons. The Bertz CT molecular complexity index is 1180. The van der Waals surface area contributed by atoms with Crippen molar-refractivity contribution < 1.29 is 9.53 Å². The number of carbonyl (C=O) groups is 1. The van der Waals surface area contributed by atoms with E-state index in [0.717, 1.165) is 11.1 Å². The number of H-pyrrole nitrogens is 1. The highest BCUT2D eigenvalue weighted by molar-refractivity contribution is 5.99. The number of rotatable bonds is 6. The Morgan fingerprint density at radius 2 is 1.93 bits per heavy atom. The lowest BCUT2D eigenvalue weighted by Gasteiger charge is -2.10. The molecule has 0 aliphatic carbocycles. The van der Waals surface area contributed by atoms with Crippen molar-refractivity contribution in [3.63, 3.8) is 0 Å². The molecule has 0 unspecified atom stereocenters. The molecule has 0 fully saturated rings. The average molecular weight is 385 g/mol. The van der Waals surface area contributed by atoms with Crippen molar-refractivity contribution in [2.45, 2.75) is 6.92 Å². The lowest BCUT2D eigenvalue weighted by Crippen LogP contribution is -2.07. The summed E-state index contributed by atoms with van der Waals surface area (Å²) in [5, 5.41) is 6.65. The first-order valence-electron chi connectivity index (χ1n) is 9.01. The number of fused-ring (bicyclic) bond motifs is 1. The van der Waals surface area contributed by atoms with E-state index in [9.17, 15) is 4.79 Å². The van der Waals surface area contributed by atoms with Crippen LogP contribution in [-0.2, 0) is 4.79 Å². The second-order valence-electron chi connectivity index (χ2n) is 6.41. The molecule has 0 spiro atoms. The quantitative estimate of drug-likeness (QED) is 0.410. The van der Waals surface area contributed by atoms with E-state index < -0.39 is 0 Å². The van der Waals surface area contributed by atoms with Crippen LogP contribution in [0.15, 0.2) is 73.4 Å². The van der Waals surface area contributed by atoms with Gasteiger partial charge in [0, 0.05) is 23.6 Å². The number of aryl methyl sites for hydroxylation is 1. The van der Waals surface area contributed by atoms with Gasteiger partial charge in [-0.2, -0.15) is 9.97 Å². The van der Waals surface area contributed by atoms with E-state index in [4.69, 9.17) is 4.74 Å². The van der Waals surface area contributed by atoms with Gasteiger partial charge in [-0.1, -0.05) is 30.3 Å². The summed E-state index contributed by atoms with van der Waals surface area (Å²) in [5.74, 6) is 1.06. The summed E-state index contributed by atoms with van der Waals surface area (Å²) in [7, 11) is 0. The lowest BCUT2D eigenvalue weighted by atomic mass is 10.2. The first-order chi connectivity index (χ1) is 14.1. The average Bonchev–Trinajstić information content (AvgIpc) is 3.19. The molecule has 0 radical (unpaired) electrons. The molecular weight excluding hydrogens is 366 g/mol. The number of amides is 1. The standard InChI is InChI=1S/C22H19N5O2/c1-3-19(28)24-16-5-4-6-17(13-16)29-21-18-11-12-23-20(18)26-22(27-21)25-15-9-7-14(2)8-10-15/h3-13H,1H2,2H3,(H,24,28)(H2,23,25,26,27). The summed E-state index contributed by atoms with van der Waals surface area (Å²) >= 11 is 0. The number of benzene rings is 2. The van der Waals surface area contributed by atoms with E-state index in [2.05, 4.69) is 32.2 Å². The van der Waals surface area contributed by atoms with Gasteiger partial charge >= 0.3 is 0 Å². The van der Waals surface area contributed by atoms with Gasteiger partial charge in [0.2, 0.25) is 17.7 Å². The number of aromatic nitrogens is 3. The highest BCUT2D eigenvalue weighted by atomic mass is 16.5. The lowest BCUT2D eigenvalue weighted by molar-refractivity contribution is -0.111. The van der Waals surface area contributed by atoms with E-state index in [1.807, 2.05) is 37.3 Å². The van der Waals surface area contributed by atoms with Crippen LogP contribution in [0.2, 0.25) is 0 Å². The van der Waals surface area contributed by atoms with Crippen LogP contribution in [0.25, 0.3) is 11.0 Å². The second-order valence-corrected chi connectivity index (χ2v) is 6.41. The van der Waals surface area contributed by atoms with Crippen molar-refractivity contribution >= 4 is 34.3 Å². The highest BCUT2D eigenvalue weighted by Crippen LogP contribution is 2.30. The molecule has 7 heteroatoms. The normalized spacial score (nSPS) is 10.5. The summed E-state index contributed by atoms with van der Waals surface area (Å²) < 4.78 is 6.02. The Hall–Kier alpha value is -4.13. The molecule has 4 rings (SSSR count). The maximum Gasteiger partial charge on any atom is 0.247 e. The molecule has 2 aromatic heterocycles. The molecule has 7 nitrogen and oxygen atoms in total. The zero-order valence-electron chi connectivity index (χ0n) is 15.8. The minimum Gasteiger partial charge on any atom is -0.438 e. The zero-order chi connectivity index (χ0) is 20.2. The molecule has 0 atom stereocenters. The third-order valence-electron chi connectivity index (χ3n) is 4.19. The Labute approximate surface area is 167 Å². The summed E-state index contributed by atoms with van der Waals surface area (Å²) in [5.41, 5.74) is 3.30. The zero-order valence-corrected chi connectivity index (χ0v) is 15.8. The van der Waals surface area contributed by atoms with Gasteiger partial charge in [-0.05, 0) is 43.3 Å².